The normalized spacial score (nSPS) is 14.4. The third-order valence-electron chi connectivity index (χ3n) is 5.15. The molecule has 0 aliphatic heterocycles. The summed E-state index contributed by atoms with van der Waals surface area (Å²) in [6, 6.07) is 4.98. The Hall–Kier alpha value is -2.60. The van der Waals surface area contributed by atoms with Gasteiger partial charge in [-0.05, 0) is 45.9 Å². The van der Waals surface area contributed by atoms with Crippen molar-refractivity contribution in [1.29, 1.82) is 0 Å². The molecule has 0 radical (unpaired) electrons. The molecule has 0 unspecified atom stereocenters. The molecule has 29 heavy (non-hydrogen) atoms. The first-order valence-electron chi connectivity index (χ1n) is 9.39. The summed E-state index contributed by atoms with van der Waals surface area (Å²) < 4.78 is 10.8. The van der Waals surface area contributed by atoms with Gasteiger partial charge in [0.25, 0.3) is 0 Å². The Bertz CT molecular complexity index is 900. The van der Waals surface area contributed by atoms with Crippen molar-refractivity contribution < 1.29 is 23.9 Å². The zero-order chi connectivity index (χ0) is 21.7. The third-order valence-corrected chi connectivity index (χ3v) is 5.32. The van der Waals surface area contributed by atoms with E-state index in [1.165, 1.54) is 0 Å². The maximum Gasteiger partial charge on any atom is 0.338 e. The van der Waals surface area contributed by atoms with Crippen molar-refractivity contribution in [3.63, 3.8) is 0 Å². The second-order valence-corrected chi connectivity index (χ2v) is 7.12. The number of anilines is 1. The predicted octanol–water partition coefficient (Wildman–Crippen LogP) is 3.72. The molecule has 0 bridgehead atoms. The molecule has 0 saturated carbocycles. The van der Waals surface area contributed by atoms with Gasteiger partial charge in [0.15, 0.2) is 11.6 Å². The molecule has 0 amide bonds. The molecule has 6 nitrogen and oxygen atoms in total. The fraction of sp³-hybridized carbons (Fsp3) is 0.409. The van der Waals surface area contributed by atoms with Gasteiger partial charge in [0.2, 0.25) is 0 Å². The Morgan fingerprint density at radius 1 is 1.07 bits per heavy atom. The summed E-state index contributed by atoms with van der Waals surface area (Å²) in [6.07, 6.45) is 0. The molecular weight excluding hydrogens is 394 g/mol. The van der Waals surface area contributed by atoms with Crippen LogP contribution in [0.1, 0.15) is 38.1 Å². The Morgan fingerprint density at radius 3 is 2.31 bits per heavy atom. The maximum absolute atomic E-state index is 12.6. The van der Waals surface area contributed by atoms with Crippen LogP contribution in [-0.2, 0) is 14.3 Å². The van der Waals surface area contributed by atoms with E-state index >= 15 is 0 Å². The number of hydrogen-bond acceptors (Lipinski definition) is 6. The summed E-state index contributed by atoms with van der Waals surface area (Å²) in [6.45, 7) is 7.83. The number of allylic oxidation sites excluding steroid dienone is 3. The van der Waals surface area contributed by atoms with Gasteiger partial charge < -0.3 is 14.4 Å². The van der Waals surface area contributed by atoms with Crippen molar-refractivity contribution in [2.75, 3.05) is 37.6 Å². The molecule has 0 heterocycles. The molecule has 7 heteroatoms. The van der Waals surface area contributed by atoms with E-state index in [9.17, 15) is 14.4 Å². The minimum absolute atomic E-state index is 0.195. The van der Waals surface area contributed by atoms with Gasteiger partial charge >= 0.3 is 5.97 Å². The molecule has 0 atom stereocenters. The number of halogens is 1. The summed E-state index contributed by atoms with van der Waals surface area (Å²) in [4.78, 5) is 39.3. The van der Waals surface area contributed by atoms with Crippen LogP contribution in [0.4, 0.5) is 5.69 Å². The Morgan fingerprint density at radius 2 is 1.72 bits per heavy atom. The number of ketones is 2. The van der Waals surface area contributed by atoms with E-state index in [2.05, 4.69) is 0 Å². The molecular formula is C22H26ClNO5. The number of carbonyl (C=O) groups is 3. The van der Waals surface area contributed by atoms with Crippen molar-refractivity contribution in [3.05, 3.63) is 46.1 Å². The lowest BCUT2D eigenvalue weighted by atomic mass is 9.86. The molecule has 0 spiro atoms. The lowest BCUT2D eigenvalue weighted by Crippen LogP contribution is -2.26. The molecule has 0 N–H and O–H groups in total. The van der Waals surface area contributed by atoms with Gasteiger partial charge in [-0.2, -0.15) is 0 Å². The number of nitrogens with zero attached hydrogens (tertiary/aromatic N) is 1. The third kappa shape index (κ3) is 4.70. The van der Waals surface area contributed by atoms with Gasteiger partial charge in [-0.3, -0.25) is 9.59 Å². The smallest absolute Gasteiger partial charge is 0.338 e. The average Bonchev–Trinajstić information content (AvgIpc) is 2.74. The zero-order valence-electron chi connectivity index (χ0n) is 17.4. The molecule has 0 aromatic heterocycles. The highest BCUT2D eigenvalue weighted by Gasteiger charge is 2.28. The number of benzene rings is 1. The first-order valence-corrected chi connectivity index (χ1v) is 9.92. The Kier molecular flexibility index (Phi) is 7.62. The van der Waals surface area contributed by atoms with Crippen LogP contribution in [0.2, 0.25) is 0 Å². The molecule has 0 saturated heterocycles. The number of carbonyl (C=O) groups excluding carboxylic acids is 3. The van der Waals surface area contributed by atoms with Crippen molar-refractivity contribution in [2.45, 2.75) is 27.7 Å². The standard InChI is InChI=1S/C22H26ClNO5/c1-6-24(10-9-23)18-11-16(7-8-19(18)28-5)22(27)29-12-17-15(4)20(25)13(2)14(3)21(17)26/h7-8,11H,6,9-10,12H2,1-5H3. The monoisotopic (exact) mass is 419 g/mol. The quantitative estimate of drug-likeness (QED) is 0.363. The van der Waals surface area contributed by atoms with E-state index in [4.69, 9.17) is 21.1 Å². The second kappa shape index (κ2) is 9.74. The SMILES string of the molecule is CCN(CCCl)c1cc(C(=O)OCC2=C(C)C(=O)C(C)=C(C)C2=O)ccc1OC. The first-order chi connectivity index (χ1) is 13.8. The van der Waals surface area contributed by atoms with Crippen LogP contribution < -0.4 is 9.64 Å². The van der Waals surface area contributed by atoms with Crippen LogP contribution in [0.3, 0.4) is 0 Å². The summed E-state index contributed by atoms with van der Waals surface area (Å²) in [5.41, 5.74) is 2.42. The lowest BCUT2D eigenvalue weighted by Gasteiger charge is -2.24. The molecule has 1 aliphatic carbocycles. The molecule has 1 aliphatic rings. The molecule has 0 fully saturated rings. The number of rotatable bonds is 8. The van der Waals surface area contributed by atoms with Crippen LogP contribution in [0.5, 0.6) is 5.75 Å². The molecule has 1 aromatic rings. The van der Waals surface area contributed by atoms with E-state index in [0.29, 0.717) is 47.0 Å². The van der Waals surface area contributed by atoms with E-state index in [1.54, 1.807) is 46.1 Å². The van der Waals surface area contributed by atoms with Crippen LogP contribution in [-0.4, -0.2) is 50.2 Å². The summed E-state index contributed by atoms with van der Waals surface area (Å²) in [7, 11) is 1.56. The largest absolute Gasteiger partial charge is 0.495 e. The van der Waals surface area contributed by atoms with Crippen LogP contribution in [0, 0.1) is 0 Å². The van der Waals surface area contributed by atoms with Crippen molar-refractivity contribution in [3.8, 4) is 5.75 Å². The van der Waals surface area contributed by atoms with Gasteiger partial charge in [-0.1, -0.05) is 0 Å². The van der Waals surface area contributed by atoms with Crippen LogP contribution >= 0.6 is 11.6 Å². The first kappa shape index (κ1) is 22.7. The predicted molar refractivity (Wildman–Crippen MR) is 113 cm³/mol. The van der Waals surface area contributed by atoms with Crippen molar-refractivity contribution in [1.82, 2.24) is 0 Å². The van der Waals surface area contributed by atoms with Gasteiger partial charge in [0.1, 0.15) is 12.4 Å². The van der Waals surface area contributed by atoms with E-state index in [1.807, 2.05) is 11.8 Å². The number of hydrogen-bond donors (Lipinski definition) is 0. The number of ether oxygens (including phenoxy) is 2. The van der Waals surface area contributed by atoms with E-state index in [-0.39, 0.29) is 23.7 Å². The minimum atomic E-state index is -0.583. The van der Waals surface area contributed by atoms with E-state index < -0.39 is 5.97 Å². The van der Waals surface area contributed by atoms with Gasteiger partial charge in [-0.15, -0.1) is 11.6 Å². The maximum atomic E-state index is 12.6. The summed E-state index contributed by atoms with van der Waals surface area (Å²) >= 11 is 5.88. The minimum Gasteiger partial charge on any atom is -0.495 e. The number of alkyl halides is 1. The topological polar surface area (TPSA) is 72.9 Å². The Labute approximate surface area is 176 Å². The van der Waals surface area contributed by atoms with Crippen LogP contribution in [0.25, 0.3) is 0 Å². The highest BCUT2D eigenvalue weighted by atomic mass is 35.5. The van der Waals surface area contributed by atoms with Gasteiger partial charge in [0, 0.05) is 41.3 Å². The molecule has 2 rings (SSSR count). The zero-order valence-corrected chi connectivity index (χ0v) is 18.2. The van der Waals surface area contributed by atoms with Crippen LogP contribution in [0.15, 0.2) is 40.5 Å². The number of methoxy groups -OCH3 is 1. The highest BCUT2D eigenvalue weighted by molar-refractivity contribution is 6.24. The van der Waals surface area contributed by atoms with E-state index in [0.717, 1.165) is 5.69 Å². The molecule has 156 valence electrons. The van der Waals surface area contributed by atoms with Gasteiger partial charge in [-0.25, -0.2) is 4.79 Å². The number of esters is 1. The summed E-state index contributed by atoms with van der Waals surface area (Å²) in [5.74, 6) is 0.0138. The van der Waals surface area contributed by atoms with Crippen molar-refractivity contribution >= 4 is 34.8 Å². The lowest BCUT2D eigenvalue weighted by molar-refractivity contribution is -0.116. The fourth-order valence-electron chi connectivity index (χ4n) is 3.17. The second-order valence-electron chi connectivity index (χ2n) is 6.74. The molecule has 1 aromatic carbocycles. The van der Waals surface area contributed by atoms with Gasteiger partial charge in [0.05, 0.1) is 18.4 Å². The average molecular weight is 420 g/mol. The number of Topliss-reactive ketones (excluding diaryl/α,β-unsaturated/α-hetero) is 2. The summed E-state index contributed by atoms with van der Waals surface area (Å²) in [5, 5.41) is 0. The van der Waals surface area contributed by atoms with Crippen molar-refractivity contribution in [2.24, 2.45) is 0 Å². The fourth-order valence-corrected chi connectivity index (χ4v) is 3.37. The highest BCUT2D eigenvalue weighted by Crippen LogP contribution is 2.30. The Balaban J connectivity index is 2.23.